The Kier molecular flexibility index (Phi) is 4.26. The van der Waals surface area contributed by atoms with Gasteiger partial charge in [-0.15, -0.1) is 11.8 Å². The average molecular weight is 264 g/mol. The molecule has 0 bridgehead atoms. The highest BCUT2D eigenvalue weighted by molar-refractivity contribution is 8.00. The van der Waals surface area contributed by atoms with Gasteiger partial charge in [0.15, 0.2) is 0 Å². The number of hydrogen-bond acceptors (Lipinski definition) is 3. The number of nitriles is 1. The van der Waals surface area contributed by atoms with Crippen molar-refractivity contribution in [1.29, 1.82) is 5.26 Å². The molecule has 2 unspecified atom stereocenters. The molecule has 1 N–H and O–H groups in total. The molecule has 0 aromatic heterocycles. The van der Waals surface area contributed by atoms with E-state index < -0.39 is 5.54 Å². The van der Waals surface area contributed by atoms with Gasteiger partial charge in [-0.1, -0.05) is 12.1 Å². The smallest absolute Gasteiger partial charge is 0.136 e. The number of benzene rings is 1. The van der Waals surface area contributed by atoms with Gasteiger partial charge in [0.1, 0.15) is 11.4 Å². The van der Waals surface area contributed by atoms with Gasteiger partial charge in [0.25, 0.3) is 0 Å². The molecule has 2 nitrogen and oxygen atoms in total. The van der Waals surface area contributed by atoms with Crippen molar-refractivity contribution in [3.8, 4) is 6.07 Å². The summed E-state index contributed by atoms with van der Waals surface area (Å²) in [5.74, 6) is -0.167. The van der Waals surface area contributed by atoms with Crippen molar-refractivity contribution in [2.45, 2.75) is 41.4 Å². The number of nitrogens with one attached hydrogen (secondary N) is 1. The van der Waals surface area contributed by atoms with E-state index in [1.54, 1.807) is 17.8 Å². The molecule has 0 saturated heterocycles. The van der Waals surface area contributed by atoms with E-state index in [0.717, 1.165) is 25.7 Å². The predicted octanol–water partition coefficient (Wildman–Crippen LogP) is 3.34. The van der Waals surface area contributed by atoms with E-state index in [2.05, 4.69) is 11.4 Å². The highest BCUT2D eigenvalue weighted by atomic mass is 32.2. The van der Waals surface area contributed by atoms with Gasteiger partial charge in [0.2, 0.25) is 0 Å². The quantitative estimate of drug-likeness (QED) is 0.909. The van der Waals surface area contributed by atoms with Crippen molar-refractivity contribution >= 4 is 11.8 Å². The first-order chi connectivity index (χ1) is 8.69. The molecule has 0 radical (unpaired) electrons. The zero-order valence-electron chi connectivity index (χ0n) is 10.4. The highest BCUT2D eigenvalue weighted by Crippen LogP contribution is 2.38. The third kappa shape index (κ3) is 2.85. The summed E-state index contributed by atoms with van der Waals surface area (Å²) < 4.78 is 13.6. The Bertz CT molecular complexity index is 457. The van der Waals surface area contributed by atoms with Crippen LogP contribution in [0, 0.1) is 17.1 Å². The van der Waals surface area contributed by atoms with Gasteiger partial charge in [-0.3, -0.25) is 0 Å². The maximum Gasteiger partial charge on any atom is 0.136 e. The van der Waals surface area contributed by atoms with Gasteiger partial charge in [-0.05, 0) is 44.9 Å². The van der Waals surface area contributed by atoms with Gasteiger partial charge in [-0.2, -0.15) is 5.26 Å². The molecule has 0 aliphatic heterocycles. The zero-order chi connectivity index (χ0) is 13.0. The Morgan fingerprint density at radius 1 is 1.50 bits per heavy atom. The van der Waals surface area contributed by atoms with E-state index in [4.69, 9.17) is 0 Å². The molecule has 2 atom stereocenters. The molecule has 2 rings (SSSR count). The van der Waals surface area contributed by atoms with Crippen molar-refractivity contribution in [3.63, 3.8) is 0 Å². The molecular formula is C14H17FN2S. The van der Waals surface area contributed by atoms with E-state index in [1.807, 2.05) is 19.2 Å². The van der Waals surface area contributed by atoms with Crippen LogP contribution in [0.1, 0.15) is 25.7 Å². The van der Waals surface area contributed by atoms with E-state index in [9.17, 15) is 9.65 Å². The number of halogens is 1. The van der Waals surface area contributed by atoms with E-state index >= 15 is 0 Å². The first-order valence-electron chi connectivity index (χ1n) is 6.20. The Hall–Kier alpha value is -1.05. The fraction of sp³-hybridized carbons (Fsp3) is 0.500. The molecule has 1 fully saturated rings. The molecule has 1 aromatic carbocycles. The van der Waals surface area contributed by atoms with Crippen molar-refractivity contribution in [3.05, 3.63) is 30.1 Å². The van der Waals surface area contributed by atoms with Crippen LogP contribution < -0.4 is 5.32 Å². The molecule has 1 aromatic rings. The number of nitrogens with zero attached hydrogens (tertiary/aromatic N) is 1. The molecule has 1 aliphatic carbocycles. The third-order valence-electron chi connectivity index (χ3n) is 3.53. The van der Waals surface area contributed by atoms with Crippen molar-refractivity contribution in [2.24, 2.45) is 0 Å². The van der Waals surface area contributed by atoms with Crippen LogP contribution in [0.25, 0.3) is 0 Å². The van der Waals surface area contributed by atoms with Crippen molar-refractivity contribution in [2.75, 3.05) is 7.05 Å². The monoisotopic (exact) mass is 264 g/mol. The van der Waals surface area contributed by atoms with Gasteiger partial charge in [0, 0.05) is 10.1 Å². The van der Waals surface area contributed by atoms with Crippen LogP contribution in [0.2, 0.25) is 0 Å². The maximum absolute atomic E-state index is 13.6. The lowest BCUT2D eigenvalue weighted by Gasteiger charge is -2.35. The summed E-state index contributed by atoms with van der Waals surface area (Å²) in [5, 5.41) is 12.7. The second-order valence-corrected chi connectivity index (χ2v) is 6.05. The van der Waals surface area contributed by atoms with Crippen LogP contribution in [0.3, 0.4) is 0 Å². The van der Waals surface area contributed by atoms with Gasteiger partial charge in [0.05, 0.1) is 6.07 Å². The highest BCUT2D eigenvalue weighted by Gasteiger charge is 2.35. The second-order valence-electron chi connectivity index (χ2n) is 4.71. The number of hydrogen-bond donors (Lipinski definition) is 1. The fourth-order valence-electron chi connectivity index (χ4n) is 2.43. The van der Waals surface area contributed by atoms with Crippen LogP contribution in [-0.4, -0.2) is 17.8 Å². The van der Waals surface area contributed by atoms with Crippen LogP contribution in [0.4, 0.5) is 4.39 Å². The molecule has 4 heteroatoms. The zero-order valence-corrected chi connectivity index (χ0v) is 11.3. The van der Waals surface area contributed by atoms with Crippen LogP contribution in [-0.2, 0) is 0 Å². The summed E-state index contributed by atoms with van der Waals surface area (Å²) in [6, 6.07) is 9.23. The number of rotatable bonds is 3. The Labute approximate surface area is 112 Å². The van der Waals surface area contributed by atoms with E-state index in [1.165, 1.54) is 6.07 Å². The number of thioether (sulfide) groups is 1. The Morgan fingerprint density at radius 3 is 2.94 bits per heavy atom. The van der Waals surface area contributed by atoms with Gasteiger partial charge in [-0.25, -0.2) is 4.39 Å². The minimum absolute atomic E-state index is 0.167. The fourth-order valence-corrected chi connectivity index (χ4v) is 3.78. The normalized spacial score (nSPS) is 27.7. The third-order valence-corrected chi connectivity index (χ3v) is 4.85. The lowest BCUT2D eigenvalue weighted by atomic mass is 9.83. The van der Waals surface area contributed by atoms with E-state index in [-0.39, 0.29) is 5.82 Å². The predicted molar refractivity (Wildman–Crippen MR) is 71.9 cm³/mol. The molecule has 96 valence electrons. The standard InChI is InChI=1S/C14H17FN2S/c1-17-14(10-16)8-4-5-11(9-14)18-13-7-3-2-6-12(13)15/h2-3,6-7,11,17H,4-5,8-9H2,1H3. The van der Waals surface area contributed by atoms with E-state index in [0.29, 0.717) is 10.1 Å². The average Bonchev–Trinajstić information content (AvgIpc) is 2.41. The van der Waals surface area contributed by atoms with Crippen molar-refractivity contribution in [1.82, 2.24) is 5.32 Å². The second kappa shape index (κ2) is 5.73. The summed E-state index contributed by atoms with van der Waals surface area (Å²) in [6.07, 6.45) is 3.72. The first-order valence-corrected chi connectivity index (χ1v) is 7.08. The summed E-state index contributed by atoms with van der Waals surface area (Å²) in [4.78, 5) is 0.687. The largest absolute Gasteiger partial charge is 0.302 e. The van der Waals surface area contributed by atoms with Gasteiger partial charge < -0.3 is 5.32 Å². The Morgan fingerprint density at radius 2 is 2.28 bits per heavy atom. The molecular weight excluding hydrogens is 247 g/mol. The van der Waals surface area contributed by atoms with Crippen LogP contribution >= 0.6 is 11.8 Å². The van der Waals surface area contributed by atoms with Crippen LogP contribution in [0.15, 0.2) is 29.2 Å². The Balaban J connectivity index is 2.07. The first kappa shape index (κ1) is 13.4. The molecule has 1 saturated carbocycles. The maximum atomic E-state index is 13.6. The minimum Gasteiger partial charge on any atom is -0.302 e. The molecule has 1 aliphatic rings. The molecule has 0 amide bonds. The SMILES string of the molecule is CNC1(C#N)CCCC(Sc2ccccc2F)C1. The van der Waals surface area contributed by atoms with Crippen molar-refractivity contribution < 1.29 is 4.39 Å². The summed E-state index contributed by atoms with van der Waals surface area (Å²) in [7, 11) is 1.83. The van der Waals surface area contributed by atoms with Gasteiger partial charge >= 0.3 is 0 Å². The summed E-state index contributed by atoms with van der Waals surface area (Å²) >= 11 is 1.56. The summed E-state index contributed by atoms with van der Waals surface area (Å²) in [5.41, 5.74) is -0.429. The lowest BCUT2D eigenvalue weighted by molar-refractivity contribution is 0.323. The lowest BCUT2D eigenvalue weighted by Crippen LogP contribution is -2.46. The summed E-state index contributed by atoms with van der Waals surface area (Å²) in [6.45, 7) is 0. The molecule has 0 heterocycles. The topological polar surface area (TPSA) is 35.8 Å². The molecule has 0 spiro atoms. The van der Waals surface area contributed by atoms with Crippen LogP contribution in [0.5, 0.6) is 0 Å². The molecule has 18 heavy (non-hydrogen) atoms. The minimum atomic E-state index is -0.429.